The van der Waals surface area contributed by atoms with Gasteiger partial charge in [0.1, 0.15) is 0 Å². The molecule has 0 saturated heterocycles. The molecular weight excluding hydrogens is 306 g/mol. The Morgan fingerprint density at radius 2 is 2.05 bits per heavy atom. The third-order valence-corrected chi connectivity index (χ3v) is 2.98. The van der Waals surface area contributed by atoms with E-state index in [9.17, 15) is 4.79 Å². The van der Waals surface area contributed by atoms with E-state index in [4.69, 9.17) is 0 Å². The van der Waals surface area contributed by atoms with Gasteiger partial charge in [0.15, 0.2) is 0 Å². The van der Waals surface area contributed by atoms with Crippen molar-refractivity contribution in [3.63, 3.8) is 0 Å². The molecule has 0 atom stereocenters. The van der Waals surface area contributed by atoms with Crippen molar-refractivity contribution >= 4 is 27.5 Å². The van der Waals surface area contributed by atoms with Gasteiger partial charge < -0.3 is 5.32 Å². The summed E-state index contributed by atoms with van der Waals surface area (Å²) >= 11 is 3.32. The van der Waals surface area contributed by atoms with Crippen LogP contribution < -0.4 is 5.32 Å². The molecule has 0 aliphatic heterocycles. The highest BCUT2D eigenvalue weighted by Gasteiger charge is 2.23. The number of anilines is 1. The number of carbonyl (C=O) groups is 1. The van der Waals surface area contributed by atoms with Crippen molar-refractivity contribution in [3.05, 3.63) is 48.3 Å². The fraction of sp³-hybridized carbons (Fsp3) is 0.286. The third kappa shape index (κ3) is 3.92. The van der Waals surface area contributed by atoms with Crippen LogP contribution in [-0.4, -0.2) is 20.0 Å². The first-order chi connectivity index (χ1) is 8.95. The van der Waals surface area contributed by atoms with Crippen molar-refractivity contribution < 1.29 is 4.79 Å². The monoisotopic (exact) mass is 321 g/mol. The molecule has 0 aliphatic carbocycles. The molecule has 1 N–H and O–H groups in total. The predicted molar refractivity (Wildman–Crippen MR) is 79.4 cm³/mol. The Balaban J connectivity index is 2.02. The highest BCUT2D eigenvalue weighted by atomic mass is 79.9. The summed E-state index contributed by atoms with van der Waals surface area (Å²) in [5.41, 5.74) is 1.87. The Hall–Kier alpha value is -1.62. The lowest BCUT2D eigenvalue weighted by atomic mass is 10.2. The second-order valence-corrected chi connectivity index (χ2v) is 6.82. The minimum absolute atomic E-state index is 0.0910. The van der Waals surface area contributed by atoms with E-state index in [0.29, 0.717) is 12.2 Å². The summed E-state index contributed by atoms with van der Waals surface area (Å²) < 4.78 is 1.21. The standard InChI is InChI=1S/C14H16BrN3O/c1-14(2,15)13(19)17-12-8-16-18(10-12)9-11-6-4-3-5-7-11/h3-8,10H,9H2,1-2H3,(H,17,19). The minimum Gasteiger partial charge on any atom is -0.322 e. The van der Waals surface area contributed by atoms with E-state index in [1.165, 1.54) is 5.56 Å². The average molecular weight is 322 g/mol. The summed E-state index contributed by atoms with van der Waals surface area (Å²) in [6.07, 6.45) is 3.48. The second kappa shape index (κ2) is 5.57. The molecule has 0 fully saturated rings. The highest BCUT2D eigenvalue weighted by molar-refractivity contribution is 9.10. The predicted octanol–water partition coefficient (Wildman–Crippen LogP) is 3.04. The van der Waals surface area contributed by atoms with E-state index in [0.717, 1.165) is 0 Å². The molecule has 1 aromatic heterocycles. The second-order valence-electron chi connectivity index (χ2n) is 4.84. The molecule has 1 heterocycles. The van der Waals surface area contributed by atoms with Gasteiger partial charge in [-0.3, -0.25) is 9.48 Å². The van der Waals surface area contributed by atoms with Gasteiger partial charge in [0.2, 0.25) is 5.91 Å². The van der Waals surface area contributed by atoms with Gasteiger partial charge in [0, 0.05) is 6.20 Å². The molecule has 0 aliphatic rings. The maximum Gasteiger partial charge on any atom is 0.240 e. The molecule has 2 aromatic rings. The Labute approximate surface area is 120 Å². The van der Waals surface area contributed by atoms with Crippen LogP contribution in [0.4, 0.5) is 5.69 Å². The molecule has 2 rings (SSSR count). The Kier molecular flexibility index (Phi) is 4.04. The van der Waals surface area contributed by atoms with Crippen LogP contribution >= 0.6 is 15.9 Å². The van der Waals surface area contributed by atoms with Gasteiger partial charge in [-0.25, -0.2) is 0 Å². The number of nitrogens with one attached hydrogen (secondary N) is 1. The van der Waals surface area contributed by atoms with E-state index in [2.05, 4.69) is 26.3 Å². The number of benzene rings is 1. The summed E-state index contributed by atoms with van der Waals surface area (Å²) in [7, 11) is 0. The first-order valence-electron chi connectivity index (χ1n) is 6.02. The Morgan fingerprint density at radius 3 is 2.68 bits per heavy atom. The number of carbonyl (C=O) groups excluding carboxylic acids is 1. The molecule has 19 heavy (non-hydrogen) atoms. The SMILES string of the molecule is CC(C)(Br)C(=O)Nc1cnn(Cc2ccccc2)c1. The largest absolute Gasteiger partial charge is 0.322 e. The molecule has 5 heteroatoms. The van der Waals surface area contributed by atoms with Gasteiger partial charge in [-0.15, -0.1) is 0 Å². The third-order valence-electron chi connectivity index (χ3n) is 2.62. The molecule has 4 nitrogen and oxygen atoms in total. The van der Waals surface area contributed by atoms with Crippen molar-refractivity contribution in [3.8, 4) is 0 Å². The van der Waals surface area contributed by atoms with E-state index in [1.54, 1.807) is 24.7 Å². The number of amides is 1. The highest BCUT2D eigenvalue weighted by Crippen LogP contribution is 2.18. The van der Waals surface area contributed by atoms with Crippen LogP contribution in [0.15, 0.2) is 42.7 Å². The van der Waals surface area contributed by atoms with Crippen molar-refractivity contribution in [1.82, 2.24) is 9.78 Å². The summed E-state index contributed by atoms with van der Waals surface area (Å²) in [5.74, 6) is -0.0910. The fourth-order valence-corrected chi connectivity index (χ4v) is 1.66. The van der Waals surface area contributed by atoms with Crippen molar-refractivity contribution in [2.45, 2.75) is 24.7 Å². The fourth-order valence-electron chi connectivity index (χ4n) is 1.56. The van der Waals surface area contributed by atoms with Crippen LogP contribution in [0.25, 0.3) is 0 Å². The number of hydrogen-bond acceptors (Lipinski definition) is 2. The summed E-state index contributed by atoms with van der Waals surface area (Å²) in [6.45, 7) is 4.29. The Bertz CT molecular complexity index is 558. The first-order valence-corrected chi connectivity index (χ1v) is 6.81. The van der Waals surface area contributed by atoms with E-state index >= 15 is 0 Å². The Morgan fingerprint density at radius 1 is 1.37 bits per heavy atom. The average Bonchev–Trinajstić information content (AvgIpc) is 2.76. The van der Waals surface area contributed by atoms with Gasteiger partial charge in [-0.1, -0.05) is 46.3 Å². The lowest BCUT2D eigenvalue weighted by Crippen LogP contribution is -2.30. The number of nitrogens with zero attached hydrogens (tertiary/aromatic N) is 2. The molecule has 0 saturated carbocycles. The summed E-state index contributed by atoms with van der Waals surface area (Å²) in [4.78, 5) is 11.8. The van der Waals surface area contributed by atoms with Gasteiger partial charge in [-0.2, -0.15) is 5.10 Å². The van der Waals surface area contributed by atoms with E-state index < -0.39 is 4.32 Å². The lowest BCUT2D eigenvalue weighted by molar-refractivity contribution is -0.117. The van der Waals surface area contributed by atoms with Crippen LogP contribution in [-0.2, 0) is 11.3 Å². The van der Waals surface area contributed by atoms with Crippen LogP contribution in [0, 0.1) is 0 Å². The molecule has 0 radical (unpaired) electrons. The zero-order valence-electron chi connectivity index (χ0n) is 10.9. The molecule has 100 valence electrons. The molecule has 0 unspecified atom stereocenters. The zero-order chi connectivity index (χ0) is 13.9. The first kappa shape index (κ1) is 13.8. The maximum atomic E-state index is 11.8. The van der Waals surface area contributed by atoms with E-state index in [-0.39, 0.29) is 5.91 Å². The lowest BCUT2D eigenvalue weighted by Gasteiger charge is -2.14. The quantitative estimate of drug-likeness (QED) is 0.880. The van der Waals surface area contributed by atoms with Crippen molar-refractivity contribution in [2.24, 2.45) is 0 Å². The number of rotatable bonds is 4. The molecular formula is C14H16BrN3O. The van der Waals surface area contributed by atoms with Gasteiger partial charge >= 0.3 is 0 Å². The van der Waals surface area contributed by atoms with Crippen LogP contribution in [0.1, 0.15) is 19.4 Å². The van der Waals surface area contributed by atoms with Gasteiger partial charge in [0.25, 0.3) is 0 Å². The maximum absolute atomic E-state index is 11.8. The number of hydrogen-bond donors (Lipinski definition) is 1. The van der Waals surface area contributed by atoms with Crippen LogP contribution in [0.2, 0.25) is 0 Å². The molecule has 1 amide bonds. The summed E-state index contributed by atoms with van der Waals surface area (Å²) in [6, 6.07) is 10.1. The van der Waals surface area contributed by atoms with Crippen molar-refractivity contribution in [2.75, 3.05) is 5.32 Å². The molecule has 0 spiro atoms. The van der Waals surface area contributed by atoms with Crippen LogP contribution in [0.5, 0.6) is 0 Å². The number of aromatic nitrogens is 2. The molecule has 0 bridgehead atoms. The van der Waals surface area contributed by atoms with Gasteiger partial charge in [-0.05, 0) is 19.4 Å². The van der Waals surface area contributed by atoms with Gasteiger partial charge in [0.05, 0.1) is 22.8 Å². The number of alkyl halides is 1. The zero-order valence-corrected chi connectivity index (χ0v) is 12.5. The topological polar surface area (TPSA) is 46.9 Å². The smallest absolute Gasteiger partial charge is 0.240 e. The van der Waals surface area contributed by atoms with Crippen molar-refractivity contribution in [1.29, 1.82) is 0 Å². The van der Waals surface area contributed by atoms with Crippen LogP contribution in [0.3, 0.4) is 0 Å². The summed E-state index contributed by atoms with van der Waals surface area (Å²) in [5, 5.41) is 7.05. The minimum atomic E-state index is -0.589. The number of halogens is 1. The normalized spacial score (nSPS) is 11.3. The van der Waals surface area contributed by atoms with E-state index in [1.807, 2.05) is 36.5 Å². The molecule has 1 aromatic carbocycles.